The summed E-state index contributed by atoms with van der Waals surface area (Å²) < 4.78 is 10.1. The average molecular weight is 183 g/mol. The molecule has 2 N–H and O–H groups in total. The molecule has 1 heterocycles. The molecule has 0 spiro atoms. The molecule has 5 heteroatoms. The van der Waals surface area contributed by atoms with E-state index in [1.54, 1.807) is 14.2 Å². The zero-order chi connectivity index (χ0) is 9.84. The molecule has 13 heavy (non-hydrogen) atoms. The molecule has 0 bridgehead atoms. The van der Waals surface area contributed by atoms with Crippen molar-refractivity contribution in [2.75, 3.05) is 14.2 Å². The molecular weight excluding hydrogens is 170 g/mol. The summed E-state index contributed by atoms with van der Waals surface area (Å²) in [4.78, 5) is 8.16. The van der Waals surface area contributed by atoms with Gasteiger partial charge >= 0.3 is 0 Å². The lowest BCUT2D eigenvalue weighted by atomic mass is 10.3. The summed E-state index contributed by atoms with van der Waals surface area (Å²) in [6.07, 6.45) is 0. The number of nitrogens with zero attached hydrogens (tertiary/aromatic N) is 2. The first-order valence-electron chi connectivity index (χ1n) is 3.88. The highest BCUT2D eigenvalue weighted by molar-refractivity contribution is 5.33. The molecule has 0 atom stereocenters. The highest BCUT2D eigenvalue weighted by atomic mass is 16.5. The molecule has 5 nitrogen and oxygen atoms in total. The van der Waals surface area contributed by atoms with Crippen molar-refractivity contribution in [3.8, 4) is 11.8 Å². The molecule has 72 valence electrons. The van der Waals surface area contributed by atoms with Crippen LogP contribution in [0.25, 0.3) is 0 Å². The summed E-state index contributed by atoms with van der Waals surface area (Å²) in [5.74, 6) is 1.53. The number of nitrogens with two attached hydrogens (primary N) is 1. The lowest BCUT2D eigenvalue weighted by molar-refractivity contribution is 0.362. The molecule has 0 aliphatic rings. The van der Waals surface area contributed by atoms with Crippen LogP contribution >= 0.6 is 0 Å². The molecule has 1 rings (SSSR count). The highest BCUT2D eigenvalue weighted by Gasteiger charge is 2.10. The van der Waals surface area contributed by atoms with E-state index < -0.39 is 0 Å². The second-order valence-corrected chi connectivity index (χ2v) is 2.49. The maximum absolute atomic E-state index is 5.41. The molecule has 0 aliphatic heterocycles. The first-order valence-corrected chi connectivity index (χ1v) is 3.88. The van der Waals surface area contributed by atoms with Crippen LogP contribution in [0, 0.1) is 6.92 Å². The minimum absolute atomic E-state index is 0.271. The van der Waals surface area contributed by atoms with Crippen LogP contribution in [-0.4, -0.2) is 24.2 Å². The monoisotopic (exact) mass is 183 g/mol. The Hall–Kier alpha value is -1.36. The second-order valence-electron chi connectivity index (χ2n) is 2.49. The van der Waals surface area contributed by atoms with Crippen LogP contribution in [0.1, 0.15) is 11.4 Å². The van der Waals surface area contributed by atoms with E-state index >= 15 is 0 Å². The van der Waals surface area contributed by atoms with Crippen molar-refractivity contribution in [2.24, 2.45) is 5.73 Å². The quantitative estimate of drug-likeness (QED) is 0.727. The molecule has 0 aromatic carbocycles. The Labute approximate surface area is 76.9 Å². The standard InChI is InChI=1S/C8H13N3O2/c1-5-7(12-2)10-6(4-9)11-8(5)13-3/h4,9H2,1-3H3. The largest absolute Gasteiger partial charge is 0.481 e. The normalized spacial score (nSPS) is 9.85. The van der Waals surface area contributed by atoms with Crippen LogP contribution in [-0.2, 0) is 6.54 Å². The van der Waals surface area contributed by atoms with Gasteiger partial charge in [0.2, 0.25) is 11.8 Å². The smallest absolute Gasteiger partial charge is 0.223 e. The average Bonchev–Trinajstić information content (AvgIpc) is 2.18. The number of hydrogen-bond donors (Lipinski definition) is 1. The number of ether oxygens (including phenoxy) is 2. The summed E-state index contributed by atoms with van der Waals surface area (Å²) in [6.45, 7) is 2.10. The fourth-order valence-corrected chi connectivity index (χ4v) is 1.01. The van der Waals surface area contributed by atoms with Crippen molar-refractivity contribution in [3.05, 3.63) is 11.4 Å². The Morgan fingerprint density at radius 3 is 1.92 bits per heavy atom. The Bertz CT molecular complexity index is 276. The minimum atomic E-state index is 0.271. The summed E-state index contributed by atoms with van der Waals surface area (Å²) >= 11 is 0. The van der Waals surface area contributed by atoms with E-state index in [1.165, 1.54) is 0 Å². The van der Waals surface area contributed by atoms with Crippen LogP contribution in [0.15, 0.2) is 0 Å². The Morgan fingerprint density at radius 2 is 1.62 bits per heavy atom. The van der Waals surface area contributed by atoms with Gasteiger partial charge in [-0.05, 0) is 6.92 Å². The van der Waals surface area contributed by atoms with Gasteiger partial charge in [0.15, 0.2) is 0 Å². The van der Waals surface area contributed by atoms with Crippen LogP contribution in [0.3, 0.4) is 0 Å². The van der Waals surface area contributed by atoms with Crippen LogP contribution in [0.2, 0.25) is 0 Å². The van der Waals surface area contributed by atoms with E-state index in [-0.39, 0.29) is 6.54 Å². The third kappa shape index (κ3) is 1.86. The minimum Gasteiger partial charge on any atom is -0.481 e. The van der Waals surface area contributed by atoms with Crippen molar-refractivity contribution >= 4 is 0 Å². The van der Waals surface area contributed by atoms with Gasteiger partial charge in [-0.25, -0.2) is 0 Å². The van der Waals surface area contributed by atoms with Gasteiger partial charge < -0.3 is 15.2 Å². The third-order valence-electron chi connectivity index (χ3n) is 1.67. The SMILES string of the molecule is COc1nc(CN)nc(OC)c1C. The van der Waals surface area contributed by atoms with Crippen molar-refractivity contribution in [3.63, 3.8) is 0 Å². The lowest BCUT2D eigenvalue weighted by Gasteiger charge is -2.08. The Morgan fingerprint density at radius 1 is 1.15 bits per heavy atom. The Balaban J connectivity index is 3.20. The van der Waals surface area contributed by atoms with E-state index in [0.29, 0.717) is 17.6 Å². The van der Waals surface area contributed by atoms with E-state index in [2.05, 4.69) is 9.97 Å². The molecule has 0 saturated heterocycles. The van der Waals surface area contributed by atoms with E-state index in [9.17, 15) is 0 Å². The van der Waals surface area contributed by atoms with Crippen molar-refractivity contribution < 1.29 is 9.47 Å². The molecule has 0 saturated carbocycles. The van der Waals surface area contributed by atoms with Crippen molar-refractivity contribution in [1.29, 1.82) is 0 Å². The molecule has 0 unspecified atom stereocenters. The highest BCUT2D eigenvalue weighted by Crippen LogP contribution is 2.22. The third-order valence-corrected chi connectivity index (χ3v) is 1.67. The van der Waals surface area contributed by atoms with Gasteiger partial charge in [0.1, 0.15) is 5.82 Å². The maximum atomic E-state index is 5.41. The molecule has 0 aliphatic carbocycles. The lowest BCUT2D eigenvalue weighted by Crippen LogP contribution is -2.07. The summed E-state index contributed by atoms with van der Waals surface area (Å²) in [7, 11) is 3.10. The predicted molar refractivity (Wildman–Crippen MR) is 47.8 cm³/mol. The van der Waals surface area contributed by atoms with Gasteiger partial charge in [-0.3, -0.25) is 0 Å². The van der Waals surface area contributed by atoms with Gasteiger partial charge in [-0.2, -0.15) is 9.97 Å². The van der Waals surface area contributed by atoms with Crippen molar-refractivity contribution in [1.82, 2.24) is 9.97 Å². The maximum Gasteiger partial charge on any atom is 0.223 e. The number of methoxy groups -OCH3 is 2. The molecule has 0 amide bonds. The van der Waals surface area contributed by atoms with E-state index in [4.69, 9.17) is 15.2 Å². The summed E-state index contributed by atoms with van der Waals surface area (Å²) in [6, 6.07) is 0. The molecular formula is C8H13N3O2. The topological polar surface area (TPSA) is 70.3 Å². The van der Waals surface area contributed by atoms with Gasteiger partial charge in [-0.15, -0.1) is 0 Å². The number of rotatable bonds is 3. The van der Waals surface area contributed by atoms with Crippen LogP contribution in [0.5, 0.6) is 11.8 Å². The first kappa shape index (κ1) is 9.73. The Kier molecular flexibility index (Phi) is 3.02. The predicted octanol–water partition coefficient (Wildman–Crippen LogP) is 0.261. The first-order chi connectivity index (χ1) is 6.22. The zero-order valence-corrected chi connectivity index (χ0v) is 8.00. The summed E-state index contributed by atoms with van der Waals surface area (Å²) in [5.41, 5.74) is 6.19. The van der Waals surface area contributed by atoms with Gasteiger partial charge in [-0.1, -0.05) is 0 Å². The fourth-order valence-electron chi connectivity index (χ4n) is 1.01. The molecule has 1 aromatic heterocycles. The second kappa shape index (κ2) is 4.04. The van der Waals surface area contributed by atoms with Gasteiger partial charge in [0.25, 0.3) is 0 Å². The van der Waals surface area contributed by atoms with Gasteiger partial charge in [0, 0.05) is 0 Å². The molecule has 0 fully saturated rings. The fraction of sp³-hybridized carbons (Fsp3) is 0.500. The molecule has 0 radical (unpaired) electrons. The van der Waals surface area contributed by atoms with Crippen LogP contribution < -0.4 is 15.2 Å². The zero-order valence-electron chi connectivity index (χ0n) is 8.00. The summed E-state index contributed by atoms with van der Waals surface area (Å²) in [5, 5.41) is 0. The number of aromatic nitrogens is 2. The van der Waals surface area contributed by atoms with E-state index in [1.807, 2.05) is 6.92 Å². The molecule has 1 aromatic rings. The van der Waals surface area contributed by atoms with Crippen LogP contribution in [0.4, 0.5) is 0 Å². The van der Waals surface area contributed by atoms with E-state index in [0.717, 1.165) is 5.56 Å². The van der Waals surface area contributed by atoms with Crippen molar-refractivity contribution in [2.45, 2.75) is 13.5 Å². The number of hydrogen-bond acceptors (Lipinski definition) is 5. The van der Waals surface area contributed by atoms with Gasteiger partial charge in [0.05, 0.1) is 26.3 Å².